The van der Waals surface area contributed by atoms with Gasteiger partial charge in [-0.15, -0.1) is 11.8 Å². The van der Waals surface area contributed by atoms with Crippen LogP contribution in [0.25, 0.3) is 11.5 Å². The number of nitrogens with two attached hydrogens (primary N) is 1. The second-order valence-electron chi connectivity index (χ2n) is 4.22. The number of anilines is 1. The predicted octanol–water partition coefficient (Wildman–Crippen LogP) is 3.15. The summed E-state index contributed by atoms with van der Waals surface area (Å²) in [5, 5.41) is 3.89. The third-order valence-electron chi connectivity index (χ3n) is 2.71. The van der Waals surface area contributed by atoms with Crippen LogP contribution in [0.15, 0.2) is 52.1 Å². The van der Waals surface area contributed by atoms with Crippen molar-refractivity contribution < 1.29 is 8.91 Å². The Bertz CT molecular complexity index is 762. The van der Waals surface area contributed by atoms with Crippen molar-refractivity contribution in [3.05, 3.63) is 54.4 Å². The van der Waals surface area contributed by atoms with E-state index in [9.17, 15) is 4.39 Å². The van der Waals surface area contributed by atoms with Crippen LogP contribution in [0.5, 0.6) is 0 Å². The van der Waals surface area contributed by atoms with Crippen LogP contribution in [0.3, 0.4) is 0 Å². The Kier molecular flexibility index (Phi) is 3.83. The van der Waals surface area contributed by atoms with E-state index in [2.05, 4.69) is 15.1 Å². The van der Waals surface area contributed by atoms with Gasteiger partial charge in [-0.05, 0) is 24.3 Å². The zero-order valence-corrected chi connectivity index (χ0v) is 11.7. The van der Waals surface area contributed by atoms with Crippen LogP contribution in [-0.4, -0.2) is 15.1 Å². The quantitative estimate of drug-likeness (QED) is 0.746. The monoisotopic (exact) mass is 302 g/mol. The third-order valence-corrected chi connectivity index (χ3v) is 3.70. The van der Waals surface area contributed by atoms with Crippen LogP contribution >= 0.6 is 11.8 Å². The second-order valence-corrected chi connectivity index (χ2v) is 5.27. The molecule has 3 aromatic rings. The first-order valence-corrected chi connectivity index (χ1v) is 7.12. The molecular weight excluding hydrogens is 291 g/mol. The van der Waals surface area contributed by atoms with Crippen molar-refractivity contribution in [1.82, 2.24) is 15.1 Å². The van der Waals surface area contributed by atoms with E-state index in [1.54, 1.807) is 18.3 Å². The first-order chi connectivity index (χ1) is 10.2. The number of halogens is 1. The van der Waals surface area contributed by atoms with E-state index in [0.717, 1.165) is 4.90 Å². The summed E-state index contributed by atoms with van der Waals surface area (Å²) >= 11 is 1.43. The van der Waals surface area contributed by atoms with Gasteiger partial charge in [-0.1, -0.05) is 11.2 Å². The van der Waals surface area contributed by atoms with Gasteiger partial charge in [0, 0.05) is 11.1 Å². The number of thioether (sulfide) groups is 1. The highest BCUT2D eigenvalue weighted by molar-refractivity contribution is 7.98. The topological polar surface area (TPSA) is 77.8 Å². The van der Waals surface area contributed by atoms with Crippen LogP contribution in [-0.2, 0) is 5.75 Å². The first kappa shape index (κ1) is 13.6. The fourth-order valence-corrected chi connectivity index (χ4v) is 2.51. The maximum absolute atomic E-state index is 13.1. The Morgan fingerprint density at radius 2 is 2.19 bits per heavy atom. The maximum Gasteiger partial charge on any atom is 0.260 e. The average Bonchev–Trinajstić information content (AvgIpc) is 2.94. The first-order valence-electron chi connectivity index (χ1n) is 6.13. The maximum atomic E-state index is 13.1. The molecule has 7 heteroatoms. The molecule has 0 saturated carbocycles. The Balaban J connectivity index is 1.72. The third kappa shape index (κ3) is 3.19. The summed E-state index contributed by atoms with van der Waals surface area (Å²) < 4.78 is 18.3. The van der Waals surface area contributed by atoms with E-state index in [1.165, 1.54) is 30.1 Å². The van der Waals surface area contributed by atoms with Gasteiger partial charge < -0.3 is 10.3 Å². The second kappa shape index (κ2) is 5.92. The summed E-state index contributed by atoms with van der Waals surface area (Å²) in [6.45, 7) is 0. The molecule has 0 atom stereocenters. The Hall–Kier alpha value is -2.41. The van der Waals surface area contributed by atoms with Crippen molar-refractivity contribution in [2.24, 2.45) is 0 Å². The lowest BCUT2D eigenvalue weighted by molar-refractivity contribution is 0.425. The molecule has 0 bridgehead atoms. The van der Waals surface area contributed by atoms with Gasteiger partial charge in [0.15, 0.2) is 5.82 Å². The van der Waals surface area contributed by atoms with E-state index in [-0.39, 0.29) is 5.82 Å². The Labute approximate surface area is 124 Å². The normalized spacial score (nSPS) is 10.7. The number of nitrogen functional groups attached to an aromatic ring is 1. The van der Waals surface area contributed by atoms with Crippen LogP contribution in [0.1, 0.15) is 5.82 Å². The minimum Gasteiger partial charge on any atom is -0.397 e. The smallest absolute Gasteiger partial charge is 0.260 e. The van der Waals surface area contributed by atoms with Gasteiger partial charge >= 0.3 is 0 Å². The van der Waals surface area contributed by atoms with Crippen molar-refractivity contribution in [2.45, 2.75) is 10.6 Å². The van der Waals surface area contributed by atoms with Crippen LogP contribution in [0.2, 0.25) is 0 Å². The van der Waals surface area contributed by atoms with Crippen molar-refractivity contribution in [3.63, 3.8) is 0 Å². The molecule has 0 aliphatic rings. The molecule has 0 fully saturated rings. The van der Waals surface area contributed by atoms with Crippen LogP contribution in [0, 0.1) is 5.82 Å². The Morgan fingerprint density at radius 1 is 1.29 bits per heavy atom. The zero-order chi connectivity index (χ0) is 14.7. The molecule has 21 heavy (non-hydrogen) atoms. The minimum absolute atomic E-state index is 0.265. The molecular formula is C14H11FN4OS. The fraction of sp³-hybridized carbons (Fsp3) is 0.0714. The average molecular weight is 302 g/mol. The van der Waals surface area contributed by atoms with Crippen LogP contribution in [0.4, 0.5) is 10.1 Å². The molecule has 0 radical (unpaired) electrons. The van der Waals surface area contributed by atoms with E-state index < -0.39 is 0 Å². The van der Waals surface area contributed by atoms with Gasteiger partial charge in [-0.3, -0.25) is 4.98 Å². The molecule has 106 valence electrons. The number of benzene rings is 1. The minimum atomic E-state index is -0.265. The van der Waals surface area contributed by atoms with Crippen molar-refractivity contribution in [3.8, 4) is 11.5 Å². The van der Waals surface area contributed by atoms with Crippen molar-refractivity contribution in [1.29, 1.82) is 0 Å². The lowest BCUT2D eigenvalue weighted by atomic mass is 10.2. The largest absolute Gasteiger partial charge is 0.397 e. The number of pyridine rings is 1. The SMILES string of the molecule is Nc1cnccc1-c1nc(CSc2cccc(F)c2)no1. The molecule has 0 aliphatic carbocycles. The summed E-state index contributed by atoms with van der Waals surface area (Å²) in [5.41, 5.74) is 6.94. The summed E-state index contributed by atoms with van der Waals surface area (Å²) in [6, 6.07) is 8.08. The van der Waals surface area contributed by atoms with E-state index in [0.29, 0.717) is 28.7 Å². The number of hydrogen-bond acceptors (Lipinski definition) is 6. The Morgan fingerprint density at radius 3 is 3.00 bits per heavy atom. The number of rotatable bonds is 4. The molecule has 1 aromatic carbocycles. The lowest BCUT2D eigenvalue weighted by Gasteiger charge is -1.98. The molecule has 5 nitrogen and oxygen atoms in total. The van der Waals surface area contributed by atoms with Crippen LogP contribution < -0.4 is 5.73 Å². The summed E-state index contributed by atoms with van der Waals surface area (Å²) in [6.07, 6.45) is 3.14. The fourth-order valence-electron chi connectivity index (χ4n) is 1.73. The molecule has 0 saturated heterocycles. The zero-order valence-electron chi connectivity index (χ0n) is 10.9. The highest BCUT2D eigenvalue weighted by Crippen LogP contribution is 2.26. The highest BCUT2D eigenvalue weighted by atomic mass is 32.2. The van der Waals surface area contributed by atoms with E-state index >= 15 is 0 Å². The molecule has 0 aliphatic heterocycles. The van der Waals surface area contributed by atoms with Gasteiger partial charge in [-0.2, -0.15) is 4.98 Å². The lowest BCUT2D eigenvalue weighted by Crippen LogP contribution is -1.91. The van der Waals surface area contributed by atoms with Gasteiger partial charge in [0.1, 0.15) is 5.82 Å². The molecule has 0 spiro atoms. The molecule has 3 rings (SSSR count). The van der Waals surface area contributed by atoms with Crippen molar-refractivity contribution in [2.75, 3.05) is 5.73 Å². The van der Waals surface area contributed by atoms with Gasteiger partial charge in [0.25, 0.3) is 5.89 Å². The number of aromatic nitrogens is 3. The molecule has 2 aromatic heterocycles. The summed E-state index contributed by atoms with van der Waals surface area (Å²) in [5.74, 6) is 1.09. The number of hydrogen-bond donors (Lipinski definition) is 1. The van der Waals surface area contributed by atoms with Crippen molar-refractivity contribution >= 4 is 17.4 Å². The highest BCUT2D eigenvalue weighted by Gasteiger charge is 2.11. The molecule has 0 amide bonds. The van der Waals surface area contributed by atoms with Gasteiger partial charge in [0.2, 0.25) is 0 Å². The molecule has 2 heterocycles. The van der Waals surface area contributed by atoms with E-state index in [1.807, 2.05) is 6.07 Å². The molecule has 0 unspecified atom stereocenters. The van der Waals surface area contributed by atoms with E-state index in [4.69, 9.17) is 10.3 Å². The number of nitrogens with zero attached hydrogens (tertiary/aromatic N) is 3. The van der Waals surface area contributed by atoms with Gasteiger partial charge in [0.05, 0.1) is 23.2 Å². The predicted molar refractivity (Wildman–Crippen MR) is 77.9 cm³/mol. The summed E-state index contributed by atoms with van der Waals surface area (Å²) in [4.78, 5) is 9.00. The van der Waals surface area contributed by atoms with Gasteiger partial charge in [-0.25, -0.2) is 4.39 Å². The summed E-state index contributed by atoms with van der Waals surface area (Å²) in [7, 11) is 0. The standard InChI is InChI=1S/C14H11FN4OS/c15-9-2-1-3-10(6-9)21-8-13-18-14(20-19-13)11-4-5-17-7-12(11)16/h1-7H,8,16H2. The molecule has 2 N–H and O–H groups in total.